The molecule has 1 aromatic carbocycles. The van der Waals surface area contributed by atoms with E-state index in [2.05, 4.69) is 6.58 Å². The lowest BCUT2D eigenvalue weighted by atomic mass is 9.89. The number of ether oxygens (including phenoxy) is 1. The van der Waals surface area contributed by atoms with Gasteiger partial charge in [0.05, 0.1) is 0 Å². The maximum Gasteiger partial charge on any atom is 0.410 e. The van der Waals surface area contributed by atoms with Gasteiger partial charge in [-0.25, -0.2) is 4.79 Å². The smallest absolute Gasteiger partial charge is 0.410 e. The zero-order chi connectivity index (χ0) is 14.4. The number of amides is 1. The van der Waals surface area contributed by atoms with Crippen LogP contribution in [0.5, 0.6) is 0 Å². The Morgan fingerprint density at radius 1 is 1.45 bits per heavy atom. The van der Waals surface area contributed by atoms with Crippen LogP contribution in [0.15, 0.2) is 43.0 Å². The Morgan fingerprint density at radius 3 is 2.85 bits per heavy atom. The summed E-state index contributed by atoms with van der Waals surface area (Å²) in [5.41, 5.74) is 7.10. The van der Waals surface area contributed by atoms with E-state index < -0.39 is 0 Å². The van der Waals surface area contributed by atoms with Gasteiger partial charge in [0.15, 0.2) is 0 Å². The van der Waals surface area contributed by atoms with Crippen molar-refractivity contribution in [2.45, 2.75) is 25.5 Å². The second-order valence-corrected chi connectivity index (χ2v) is 5.22. The lowest BCUT2D eigenvalue weighted by Gasteiger charge is -2.35. The van der Waals surface area contributed by atoms with Gasteiger partial charge in [-0.05, 0) is 24.3 Å². The Bertz CT molecular complexity index is 447. The summed E-state index contributed by atoms with van der Waals surface area (Å²) in [6, 6.07) is 9.69. The number of benzene rings is 1. The minimum atomic E-state index is -0.277. The van der Waals surface area contributed by atoms with Gasteiger partial charge in [-0.15, -0.1) is 6.58 Å². The van der Waals surface area contributed by atoms with E-state index in [1.807, 2.05) is 36.4 Å². The molecule has 2 atom stereocenters. The molecule has 4 heteroatoms. The van der Waals surface area contributed by atoms with Gasteiger partial charge in [0.2, 0.25) is 0 Å². The number of hydrogen-bond acceptors (Lipinski definition) is 3. The molecule has 2 unspecified atom stereocenters. The number of hydrogen-bond donors (Lipinski definition) is 1. The highest BCUT2D eigenvalue weighted by molar-refractivity contribution is 5.67. The van der Waals surface area contributed by atoms with E-state index in [0.717, 1.165) is 18.4 Å². The molecule has 0 saturated carbocycles. The fraction of sp³-hybridized carbons (Fsp3) is 0.438. The van der Waals surface area contributed by atoms with Gasteiger partial charge in [0.25, 0.3) is 0 Å². The summed E-state index contributed by atoms with van der Waals surface area (Å²) in [6.07, 6.45) is 3.44. The van der Waals surface area contributed by atoms with Crippen LogP contribution in [-0.4, -0.2) is 30.1 Å². The van der Waals surface area contributed by atoms with Gasteiger partial charge in [-0.3, -0.25) is 0 Å². The molecule has 0 aliphatic carbocycles. The number of carbonyl (C=O) groups excluding carboxylic acids is 1. The quantitative estimate of drug-likeness (QED) is 0.858. The normalized spacial score (nSPS) is 22.4. The van der Waals surface area contributed by atoms with Gasteiger partial charge >= 0.3 is 6.09 Å². The van der Waals surface area contributed by atoms with Crippen LogP contribution >= 0.6 is 0 Å². The average Bonchev–Trinajstić information content (AvgIpc) is 2.48. The summed E-state index contributed by atoms with van der Waals surface area (Å²) in [4.78, 5) is 13.7. The molecule has 0 radical (unpaired) electrons. The number of likely N-dealkylation sites (tertiary alicyclic amines) is 1. The van der Waals surface area contributed by atoms with E-state index in [4.69, 9.17) is 10.5 Å². The Morgan fingerprint density at radius 2 is 2.20 bits per heavy atom. The first-order chi connectivity index (χ1) is 9.70. The first-order valence-corrected chi connectivity index (χ1v) is 7.03. The predicted octanol–water partition coefficient (Wildman–Crippen LogP) is 2.55. The lowest BCUT2D eigenvalue weighted by molar-refractivity contribution is 0.0772. The van der Waals surface area contributed by atoms with Gasteiger partial charge < -0.3 is 15.4 Å². The van der Waals surface area contributed by atoms with Crippen LogP contribution in [0.4, 0.5) is 4.79 Å². The predicted molar refractivity (Wildman–Crippen MR) is 79.1 cm³/mol. The van der Waals surface area contributed by atoms with E-state index in [-0.39, 0.29) is 12.1 Å². The summed E-state index contributed by atoms with van der Waals surface area (Å²) >= 11 is 0. The molecule has 1 amide bonds. The Kier molecular flexibility index (Phi) is 5.18. The van der Waals surface area contributed by atoms with Crippen LogP contribution in [-0.2, 0) is 11.3 Å². The van der Waals surface area contributed by atoms with Crippen molar-refractivity contribution in [1.29, 1.82) is 0 Å². The van der Waals surface area contributed by atoms with Crippen molar-refractivity contribution >= 4 is 6.09 Å². The minimum Gasteiger partial charge on any atom is -0.445 e. The monoisotopic (exact) mass is 274 g/mol. The van der Waals surface area contributed by atoms with Gasteiger partial charge in [-0.2, -0.15) is 0 Å². The number of rotatable bonds is 4. The maximum atomic E-state index is 12.0. The van der Waals surface area contributed by atoms with E-state index in [9.17, 15) is 4.79 Å². The molecular weight excluding hydrogens is 252 g/mol. The van der Waals surface area contributed by atoms with E-state index in [1.165, 1.54) is 0 Å². The summed E-state index contributed by atoms with van der Waals surface area (Å²) in [7, 11) is 0. The lowest BCUT2D eigenvalue weighted by Crippen LogP contribution is -2.50. The Balaban J connectivity index is 1.80. The number of nitrogens with zero attached hydrogens (tertiary/aromatic N) is 1. The Hall–Kier alpha value is -1.81. The third kappa shape index (κ3) is 3.84. The standard InChI is InChI=1S/C16H22N2O2/c1-2-6-14-9-10-18(11-15(14)17)16(19)20-12-13-7-4-3-5-8-13/h2-5,7-8,14-15H,1,6,9-12,17H2. The first-order valence-electron chi connectivity index (χ1n) is 7.03. The largest absolute Gasteiger partial charge is 0.445 e. The molecule has 0 bridgehead atoms. The molecule has 108 valence electrons. The molecule has 4 nitrogen and oxygen atoms in total. The van der Waals surface area contributed by atoms with E-state index in [1.54, 1.807) is 4.90 Å². The summed E-state index contributed by atoms with van der Waals surface area (Å²) in [5.74, 6) is 0.422. The molecule has 2 N–H and O–H groups in total. The van der Waals surface area contributed by atoms with Crippen LogP contribution in [0.1, 0.15) is 18.4 Å². The highest BCUT2D eigenvalue weighted by atomic mass is 16.6. The van der Waals surface area contributed by atoms with Crippen molar-refractivity contribution in [3.63, 3.8) is 0 Å². The Labute approximate surface area is 120 Å². The van der Waals surface area contributed by atoms with Crippen molar-refractivity contribution in [3.8, 4) is 0 Å². The second-order valence-electron chi connectivity index (χ2n) is 5.22. The number of carbonyl (C=O) groups is 1. The molecule has 1 aliphatic rings. The molecule has 1 fully saturated rings. The number of allylic oxidation sites excluding steroid dienone is 1. The van der Waals surface area contributed by atoms with Crippen LogP contribution in [0.2, 0.25) is 0 Å². The minimum absolute atomic E-state index is 0.00558. The summed E-state index contributed by atoms with van der Waals surface area (Å²) in [6.45, 7) is 5.32. The molecule has 0 spiro atoms. The molecule has 2 rings (SSSR count). The van der Waals surface area contributed by atoms with Crippen molar-refractivity contribution < 1.29 is 9.53 Å². The fourth-order valence-corrected chi connectivity index (χ4v) is 2.51. The number of nitrogens with two attached hydrogens (primary N) is 1. The van der Waals surface area contributed by atoms with Gasteiger partial charge in [0, 0.05) is 19.1 Å². The first kappa shape index (κ1) is 14.6. The molecule has 1 saturated heterocycles. The highest BCUT2D eigenvalue weighted by Gasteiger charge is 2.28. The van der Waals surface area contributed by atoms with Crippen LogP contribution in [0, 0.1) is 5.92 Å². The molecule has 20 heavy (non-hydrogen) atoms. The average molecular weight is 274 g/mol. The van der Waals surface area contributed by atoms with Crippen LogP contribution in [0.3, 0.4) is 0 Å². The van der Waals surface area contributed by atoms with Crippen LogP contribution < -0.4 is 5.73 Å². The molecular formula is C16H22N2O2. The topological polar surface area (TPSA) is 55.6 Å². The van der Waals surface area contributed by atoms with Crippen molar-refractivity contribution in [3.05, 3.63) is 48.6 Å². The van der Waals surface area contributed by atoms with Crippen LogP contribution in [0.25, 0.3) is 0 Å². The van der Waals surface area contributed by atoms with E-state index in [0.29, 0.717) is 25.6 Å². The zero-order valence-corrected chi connectivity index (χ0v) is 11.7. The van der Waals surface area contributed by atoms with Gasteiger partial charge in [0.1, 0.15) is 6.61 Å². The molecule has 0 aromatic heterocycles. The van der Waals surface area contributed by atoms with Gasteiger partial charge in [-0.1, -0.05) is 36.4 Å². The molecule has 1 aliphatic heterocycles. The zero-order valence-electron chi connectivity index (χ0n) is 11.7. The van der Waals surface area contributed by atoms with Crippen molar-refractivity contribution in [2.24, 2.45) is 11.7 Å². The SMILES string of the molecule is C=CCC1CCN(C(=O)OCc2ccccc2)CC1N. The highest BCUT2D eigenvalue weighted by Crippen LogP contribution is 2.20. The summed E-state index contributed by atoms with van der Waals surface area (Å²) < 4.78 is 5.32. The molecule has 1 aromatic rings. The number of piperidine rings is 1. The maximum absolute atomic E-state index is 12.0. The van der Waals surface area contributed by atoms with Crippen molar-refractivity contribution in [1.82, 2.24) is 4.90 Å². The van der Waals surface area contributed by atoms with E-state index >= 15 is 0 Å². The fourth-order valence-electron chi connectivity index (χ4n) is 2.51. The second kappa shape index (κ2) is 7.10. The third-order valence-corrected chi connectivity index (χ3v) is 3.74. The van der Waals surface area contributed by atoms with Crippen molar-refractivity contribution in [2.75, 3.05) is 13.1 Å². The molecule has 1 heterocycles. The summed E-state index contributed by atoms with van der Waals surface area (Å²) in [5, 5.41) is 0. The third-order valence-electron chi connectivity index (χ3n) is 3.74.